The maximum atomic E-state index is 13.4. The van der Waals surface area contributed by atoms with Crippen LogP contribution in [0.25, 0.3) is 22.2 Å². The van der Waals surface area contributed by atoms with Gasteiger partial charge in [-0.2, -0.15) is 0 Å². The SMILES string of the molecule is Cc1cc(-c2[nH]c3ccc(CCN4CCC(F)C4)cc3c2C(C)C)cn(C)c1=O. The summed E-state index contributed by atoms with van der Waals surface area (Å²) in [6, 6.07) is 8.57. The maximum absolute atomic E-state index is 13.4. The van der Waals surface area contributed by atoms with Crippen LogP contribution in [0, 0.1) is 6.92 Å². The van der Waals surface area contributed by atoms with Gasteiger partial charge in [0.1, 0.15) is 6.17 Å². The van der Waals surface area contributed by atoms with Crippen LogP contribution in [0.3, 0.4) is 0 Å². The molecule has 1 aromatic carbocycles. The van der Waals surface area contributed by atoms with Crippen LogP contribution in [-0.4, -0.2) is 40.3 Å². The molecule has 29 heavy (non-hydrogen) atoms. The number of aromatic amines is 1. The van der Waals surface area contributed by atoms with E-state index in [0.29, 0.717) is 18.9 Å². The van der Waals surface area contributed by atoms with Crippen molar-refractivity contribution in [3.63, 3.8) is 0 Å². The van der Waals surface area contributed by atoms with E-state index in [1.54, 1.807) is 11.6 Å². The van der Waals surface area contributed by atoms with Crippen molar-refractivity contribution < 1.29 is 4.39 Å². The molecule has 1 aliphatic rings. The molecule has 4 rings (SSSR count). The topological polar surface area (TPSA) is 41.0 Å². The number of aromatic nitrogens is 2. The minimum Gasteiger partial charge on any atom is -0.354 e. The van der Waals surface area contributed by atoms with Crippen molar-refractivity contribution in [2.24, 2.45) is 7.05 Å². The van der Waals surface area contributed by atoms with Crippen LogP contribution >= 0.6 is 0 Å². The Hall–Kier alpha value is -2.40. The highest BCUT2D eigenvalue weighted by Crippen LogP contribution is 2.36. The molecule has 3 heterocycles. The summed E-state index contributed by atoms with van der Waals surface area (Å²) in [6.45, 7) is 8.61. The number of hydrogen-bond donors (Lipinski definition) is 1. The highest BCUT2D eigenvalue weighted by molar-refractivity contribution is 5.91. The van der Waals surface area contributed by atoms with Gasteiger partial charge in [0.25, 0.3) is 5.56 Å². The molecule has 1 fully saturated rings. The molecule has 1 atom stereocenters. The fourth-order valence-corrected chi connectivity index (χ4v) is 4.53. The molecule has 3 aromatic rings. The molecule has 0 amide bonds. The van der Waals surface area contributed by atoms with Gasteiger partial charge in [0.2, 0.25) is 0 Å². The van der Waals surface area contributed by atoms with Gasteiger partial charge >= 0.3 is 0 Å². The Bertz CT molecular complexity index is 1070. The quantitative estimate of drug-likeness (QED) is 0.688. The first-order valence-corrected chi connectivity index (χ1v) is 10.5. The zero-order valence-electron chi connectivity index (χ0n) is 17.8. The van der Waals surface area contributed by atoms with E-state index in [-0.39, 0.29) is 5.56 Å². The second-order valence-electron chi connectivity index (χ2n) is 8.71. The summed E-state index contributed by atoms with van der Waals surface area (Å²) in [5.74, 6) is 0.345. The normalized spacial score (nSPS) is 17.7. The second kappa shape index (κ2) is 7.79. The third-order valence-electron chi connectivity index (χ3n) is 6.06. The molecule has 1 unspecified atom stereocenters. The number of nitrogens with one attached hydrogen (secondary N) is 1. The number of aryl methyl sites for hydroxylation is 2. The highest BCUT2D eigenvalue weighted by Gasteiger charge is 2.21. The second-order valence-corrected chi connectivity index (χ2v) is 8.71. The predicted molar refractivity (Wildman–Crippen MR) is 117 cm³/mol. The van der Waals surface area contributed by atoms with Gasteiger partial charge < -0.3 is 14.5 Å². The number of pyridine rings is 1. The molecule has 1 N–H and O–H groups in total. The van der Waals surface area contributed by atoms with Gasteiger partial charge in [-0.05, 0) is 55.0 Å². The molecule has 154 valence electrons. The molecular weight excluding hydrogens is 365 g/mol. The number of benzene rings is 1. The third kappa shape index (κ3) is 3.88. The number of nitrogens with zero attached hydrogens (tertiary/aromatic N) is 2. The fraction of sp³-hybridized carbons (Fsp3) is 0.458. The van der Waals surface area contributed by atoms with Crippen LogP contribution in [0.1, 0.15) is 42.9 Å². The number of rotatable bonds is 5. The third-order valence-corrected chi connectivity index (χ3v) is 6.06. The van der Waals surface area contributed by atoms with Crippen molar-refractivity contribution in [2.45, 2.75) is 45.7 Å². The van der Waals surface area contributed by atoms with Crippen LogP contribution in [-0.2, 0) is 13.5 Å². The van der Waals surface area contributed by atoms with Gasteiger partial charge in [0.05, 0.1) is 5.69 Å². The molecule has 1 saturated heterocycles. The lowest BCUT2D eigenvalue weighted by molar-refractivity contribution is 0.290. The van der Waals surface area contributed by atoms with Gasteiger partial charge in [-0.1, -0.05) is 19.9 Å². The molecular formula is C24H30FN3O. The Morgan fingerprint density at radius 3 is 2.72 bits per heavy atom. The summed E-state index contributed by atoms with van der Waals surface area (Å²) in [4.78, 5) is 17.9. The minimum atomic E-state index is -0.664. The van der Waals surface area contributed by atoms with Gasteiger partial charge in [-0.25, -0.2) is 4.39 Å². The molecule has 4 nitrogen and oxygen atoms in total. The van der Waals surface area contributed by atoms with Crippen LogP contribution in [0.15, 0.2) is 35.3 Å². The fourth-order valence-electron chi connectivity index (χ4n) is 4.53. The Morgan fingerprint density at radius 2 is 2.07 bits per heavy atom. The predicted octanol–water partition coefficient (Wildman–Crippen LogP) is 4.55. The van der Waals surface area contributed by atoms with E-state index in [2.05, 4.69) is 41.9 Å². The standard InChI is InChI=1S/C24H30FN3O/c1-15(2)22-20-12-17(7-9-28-10-8-19(25)14-28)5-6-21(20)26-23(22)18-11-16(3)24(29)27(4)13-18/h5-6,11-13,15,19,26H,7-10,14H2,1-4H3. The van der Waals surface area contributed by atoms with Gasteiger partial charge in [-0.15, -0.1) is 0 Å². The average Bonchev–Trinajstić information content (AvgIpc) is 3.26. The lowest BCUT2D eigenvalue weighted by Crippen LogP contribution is -2.23. The van der Waals surface area contributed by atoms with Gasteiger partial charge in [-0.3, -0.25) is 4.79 Å². The number of H-pyrrole nitrogens is 1. The van der Waals surface area contributed by atoms with Gasteiger partial charge in [0.15, 0.2) is 0 Å². The van der Waals surface area contributed by atoms with Crippen molar-refractivity contribution in [2.75, 3.05) is 19.6 Å². The zero-order valence-corrected chi connectivity index (χ0v) is 17.8. The Balaban J connectivity index is 1.71. The molecule has 0 radical (unpaired) electrons. The molecule has 2 aromatic heterocycles. The number of alkyl halides is 1. The summed E-state index contributed by atoms with van der Waals surface area (Å²) in [5, 5.41) is 1.24. The summed E-state index contributed by atoms with van der Waals surface area (Å²) >= 11 is 0. The van der Waals surface area contributed by atoms with Crippen molar-refractivity contribution in [3.8, 4) is 11.3 Å². The Kier molecular flexibility index (Phi) is 5.34. The average molecular weight is 396 g/mol. The summed E-state index contributed by atoms with van der Waals surface area (Å²) < 4.78 is 15.1. The highest BCUT2D eigenvalue weighted by atomic mass is 19.1. The van der Waals surface area contributed by atoms with Crippen molar-refractivity contribution in [1.29, 1.82) is 0 Å². The molecule has 1 aliphatic heterocycles. The molecule has 0 bridgehead atoms. The van der Waals surface area contributed by atoms with E-state index in [4.69, 9.17) is 0 Å². The van der Waals surface area contributed by atoms with E-state index in [0.717, 1.165) is 41.8 Å². The lowest BCUT2D eigenvalue weighted by atomic mass is 9.95. The number of halogens is 1. The first kappa shape index (κ1) is 19.9. The number of fused-ring (bicyclic) bond motifs is 1. The van der Waals surface area contributed by atoms with E-state index in [1.165, 1.54) is 16.5 Å². The smallest absolute Gasteiger partial charge is 0.253 e. The van der Waals surface area contributed by atoms with Crippen LogP contribution < -0.4 is 5.56 Å². The maximum Gasteiger partial charge on any atom is 0.253 e. The largest absolute Gasteiger partial charge is 0.354 e. The molecule has 0 saturated carbocycles. The summed E-state index contributed by atoms with van der Waals surface area (Å²) in [7, 11) is 1.80. The Morgan fingerprint density at radius 1 is 1.28 bits per heavy atom. The van der Waals surface area contributed by atoms with E-state index >= 15 is 0 Å². The molecule has 0 aliphatic carbocycles. The summed E-state index contributed by atoms with van der Waals surface area (Å²) in [6.07, 6.45) is 2.84. The van der Waals surface area contributed by atoms with Crippen molar-refractivity contribution >= 4 is 10.9 Å². The van der Waals surface area contributed by atoms with Crippen molar-refractivity contribution in [1.82, 2.24) is 14.5 Å². The van der Waals surface area contributed by atoms with Crippen LogP contribution in [0.4, 0.5) is 4.39 Å². The van der Waals surface area contributed by atoms with Crippen molar-refractivity contribution in [3.05, 3.63) is 57.5 Å². The lowest BCUT2D eigenvalue weighted by Gasteiger charge is -2.14. The van der Waals surface area contributed by atoms with Crippen LogP contribution in [0.5, 0.6) is 0 Å². The Labute approximate surface area is 171 Å². The minimum absolute atomic E-state index is 0.0377. The van der Waals surface area contributed by atoms with Crippen LogP contribution in [0.2, 0.25) is 0 Å². The monoisotopic (exact) mass is 395 g/mol. The first-order chi connectivity index (χ1) is 13.8. The zero-order chi connectivity index (χ0) is 20.7. The first-order valence-electron chi connectivity index (χ1n) is 10.5. The van der Waals surface area contributed by atoms with Gasteiger partial charge in [0, 0.05) is 54.9 Å². The number of likely N-dealkylation sites (tertiary alicyclic amines) is 1. The number of hydrogen-bond acceptors (Lipinski definition) is 2. The molecule has 5 heteroatoms. The van der Waals surface area contributed by atoms with E-state index in [1.807, 2.05) is 19.2 Å². The molecule has 0 spiro atoms. The summed E-state index contributed by atoms with van der Waals surface area (Å²) in [5.41, 5.74) is 6.59. The van der Waals surface area contributed by atoms with E-state index in [9.17, 15) is 9.18 Å². The van der Waals surface area contributed by atoms with E-state index < -0.39 is 6.17 Å².